The van der Waals surface area contributed by atoms with E-state index in [1.165, 1.54) is 0 Å². The molecule has 0 aromatic heterocycles. The maximum absolute atomic E-state index is 10.7. The first-order valence-corrected chi connectivity index (χ1v) is 4.32. The van der Waals surface area contributed by atoms with E-state index < -0.39 is 0 Å². The zero-order chi connectivity index (χ0) is 8.97. The van der Waals surface area contributed by atoms with Crippen molar-refractivity contribution in [1.29, 1.82) is 0 Å². The number of halogens is 1. The van der Waals surface area contributed by atoms with Gasteiger partial charge in [-0.1, -0.05) is 30.3 Å². The predicted octanol–water partition coefficient (Wildman–Crippen LogP) is 2.95. The van der Waals surface area contributed by atoms with Crippen LogP contribution in [0.15, 0.2) is 30.3 Å². The molecular weight excluding hydrogens is 172 g/mol. The molecule has 1 aromatic carbocycles. The number of carbonyl (C=O) groups is 1. The van der Waals surface area contributed by atoms with Gasteiger partial charge in [0.1, 0.15) is 5.78 Å². The summed E-state index contributed by atoms with van der Waals surface area (Å²) in [5, 5.41) is -0.177. The Bertz CT molecular complexity index is 256. The number of rotatable bonds is 3. The van der Waals surface area contributed by atoms with Gasteiger partial charge in [0.15, 0.2) is 0 Å². The Hall–Kier alpha value is -0.820. The molecule has 0 N–H and O–H groups in total. The molecule has 0 bridgehead atoms. The van der Waals surface area contributed by atoms with Crippen molar-refractivity contribution in [2.45, 2.75) is 18.7 Å². The Labute approximate surface area is 77.4 Å². The van der Waals surface area contributed by atoms with Crippen LogP contribution in [0.1, 0.15) is 24.3 Å². The summed E-state index contributed by atoms with van der Waals surface area (Å²) >= 11 is 5.98. The summed E-state index contributed by atoms with van der Waals surface area (Å²) < 4.78 is 0. The van der Waals surface area contributed by atoms with Gasteiger partial charge in [0, 0.05) is 6.42 Å². The quantitative estimate of drug-likeness (QED) is 0.657. The SMILES string of the molecule is CC(=O)CC(Cl)c1ccccc1. The van der Waals surface area contributed by atoms with Crippen LogP contribution < -0.4 is 0 Å². The second-order valence-electron chi connectivity index (χ2n) is 2.78. The molecule has 0 spiro atoms. The maximum Gasteiger partial charge on any atom is 0.131 e. The molecule has 1 aromatic rings. The minimum absolute atomic E-state index is 0.124. The number of benzene rings is 1. The second kappa shape index (κ2) is 4.27. The van der Waals surface area contributed by atoms with Crippen LogP contribution in [-0.4, -0.2) is 5.78 Å². The van der Waals surface area contributed by atoms with E-state index in [2.05, 4.69) is 0 Å². The van der Waals surface area contributed by atoms with Gasteiger partial charge in [-0.05, 0) is 12.5 Å². The van der Waals surface area contributed by atoms with Gasteiger partial charge in [0.2, 0.25) is 0 Å². The summed E-state index contributed by atoms with van der Waals surface area (Å²) in [5.41, 5.74) is 1.01. The molecule has 0 amide bonds. The summed E-state index contributed by atoms with van der Waals surface area (Å²) in [5.74, 6) is 0.124. The lowest BCUT2D eigenvalue weighted by Crippen LogP contribution is -1.97. The minimum Gasteiger partial charge on any atom is -0.300 e. The molecule has 0 radical (unpaired) electrons. The monoisotopic (exact) mass is 182 g/mol. The molecule has 1 atom stereocenters. The van der Waals surface area contributed by atoms with E-state index in [-0.39, 0.29) is 11.2 Å². The number of hydrogen-bond donors (Lipinski definition) is 0. The molecule has 0 saturated carbocycles. The summed E-state index contributed by atoms with van der Waals surface area (Å²) in [6.07, 6.45) is 0.408. The fourth-order valence-electron chi connectivity index (χ4n) is 1.03. The van der Waals surface area contributed by atoms with Crippen LogP contribution in [0.2, 0.25) is 0 Å². The number of ketones is 1. The lowest BCUT2D eigenvalue weighted by molar-refractivity contribution is -0.117. The first-order valence-electron chi connectivity index (χ1n) is 3.88. The lowest BCUT2D eigenvalue weighted by Gasteiger charge is -2.06. The second-order valence-corrected chi connectivity index (χ2v) is 3.31. The summed E-state index contributed by atoms with van der Waals surface area (Å²) in [6, 6.07) is 9.64. The lowest BCUT2D eigenvalue weighted by atomic mass is 10.1. The average molecular weight is 183 g/mol. The third-order valence-electron chi connectivity index (χ3n) is 1.63. The Balaban J connectivity index is 2.65. The van der Waals surface area contributed by atoms with Crippen LogP contribution >= 0.6 is 11.6 Å². The van der Waals surface area contributed by atoms with E-state index in [1.54, 1.807) is 6.92 Å². The highest BCUT2D eigenvalue weighted by Gasteiger charge is 2.08. The average Bonchev–Trinajstić information content (AvgIpc) is 2.05. The Kier molecular flexibility index (Phi) is 3.30. The third kappa shape index (κ3) is 2.67. The molecule has 1 rings (SSSR count). The summed E-state index contributed by atoms with van der Waals surface area (Å²) in [4.78, 5) is 10.7. The molecule has 0 fully saturated rings. The molecule has 0 aliphatic heterocycles. The summed E-state index contributed by atoms with van der Waals surface area (Å²) in [6.45, 7) is 1.55. The predicted molar refractivity (Wildman–Crippen MR) is 50.3 cm³/mol. The largest absolute Gasteiger partial charge is 0.300 e. The van der Waals surface area contributed by atoms with Gasteiger partial charge in [-0.25, -0.2) is 0 Å². The van der Waals surface area contributed by atoms with E-state index in [1.807, 2.05) is 30.3 Å². The molecule has 2 heteroatoms. The first-order chi connectivity index (χ1) is 5.70. The maximum atomic E-state index is 10.7. The van der Waals surface area contributed by atoms with Gasteiger partial charge in [0.05, 0.1) is 5.38 Å². The molecule has 0 aliphatic carbocycles. The van der Waals surface area contributed by atoms with Crippen molar-refractivity contribution in [1.82, 2.24) is 0 Å². The fraction of sp³-hybridized carbons (Fsp3) is 0.300. The van der Waals surface area contributed by atoms with E-state index in [0.717, 1.165) is 5.56 Å². The van der Waals surface area contributed by atoms with E-state index in [4.69, 9.17) is 11.6 Å². The highest BCUT2D eigenvalue weighted by atomic mass is 35.5. The van der Waals surface area contributed by atoms with Crippen LogP contribution in [0.5, 0.6) is 0 Å². The van der Waals surface area contributed by atoms with Gasteiger partial charge < -0.3 is 0 Å². The molecular formula is C10H11ClO. The number of hydrogen-bond acceptors (Lipinski definition) is 1. The van der Waals surface area contributed by atoms with Crippen molar-refractivity contribution in [3.63, 3.8) is 0 Å². The van der Waals surface area contributed by atoms with Crippen LogP contribution in [0, 0.1) is 0 Å². The summed E-state index contributed by atoms with van der Waals surface area (Å²) in [7, 11) is 0. The van der Waals surface area contributed by atoms with Crippen molar-refractivity contribution < 1.29 is 4.79 Å². The van der Waals surface area contributed by atoms with Crippen molar-refractivity contribution in [2.75, 3.05) is 0 Å². The molecule has 64 valence electrons. The van der Waals surface area contributed by atoms with Gasteiger partial charge in [-0.3, -0.25) is 4.79 Å². The number of Topliss-reactive ketones (excluding diaryl/α,β-unsaturated/α-hetero) is 1. The van der Waals surface area contributed by atoms with Crippen molar-refractivity contribution in [2.24, 2.45) is 0 Å². The molecule has 1 nitrogen and oxygen atoms in total. The Morgan fingerprint density at radius 2 is 2.00 bits per heavy atom. The van der Waals surface area contributed by atoms with Gasteiger partial charge >= 0.3 is 0 Å². The molecule has 1 unspecified atom stereocenters. The molecule has 0 heterocycles. The van der Waals surface area contributed by atoms with Crippen molar-refractivity contribution in [3.05, 3.63) is 35.9 Å². The number of carbonyl (C=O) groups excluding carboxylic acids is 1. The topological polar surface area (TPSA) is 17.1 Å². The van der Waals surface area contributed by atoms with Crippen LogP contribution in [0.25, 0.3) is 0 Å². The number of alkyl halides is 1. The normalized spacial score (nSPS) is 12.5. The van der Waals surface area contributed by atoms with Crippen molar-refractivity contribution >= 4 is 17.4 Å². The van der Waals surface area contributed by atoms with Crippen LogP contribution in [-0.2, 0) is 4.79 Å². The first kappa shape index (κ1) is 9.27. The van der Waals surface area contributed by atoms with Crippen LogP contribution in [0.3, 0.4) is 0 Å². The van der Waals surface area contributed by atoms with Gasteiger partial charge in [0.25, 0.3) is 0 Å². The fourth-order valence-corrected chi connectivity index (χ4v) is 1.39. The smallest absolute Gasteiger partial charge is 0.131 e. The van der Waals surface area contributed by atoms with Gasteiger partial charge in [-0.15, -0.1) is 11.6 Å². The minimum atomic E-state index is -0.177. The Morgan fingerprint density at radius 1 is 1.42 bits per heavy atom. The van der Waals surface area contributed by atoms with Crippen molar-refractivity contribution in [3.8, 4) is 0 Å². The van der Waals surface area contributed by atoms with E-state index in [9.17, 15) is 4.79 Å². The van der Waals surface area contributed by atoms with Crippen LogP contribution in [0.4, 0.5) is 0 Å². The Morgan fingerprint density at radius 3 is 2.50 bits per heavy atom. The standard InChI is InChI=1S/C10H11ClO/c1-8(12)7-10(11)9-5-3-2-4-6-9/h2-6,10H,7H2,1H3. The van der Waals surface area contributed by atoms with Gasteiger partial charge in [-0.2, -0.15) is 0 Å². The molecule has 0 aliphatic rings. The zero-order valence-electron chi connectivity index (χ0n) is 6.96. The molecule has 0 saturated heterocycles. The molecule has 12 heavy (non-hydrogen) atoms. The highest BCUT2D eigenvalue weighted by Crippen LogP contribution is 2.23. The van der Waals surface area contributed by atoms with E-state index in [0.29, 0.717) is 6.42 Å². The third-order valence-corrected chi connectivity index (χ3v) is 2.03. The highest BCUT2D eigenvalue weighted by molar-refractivity contribution is 6.21. The zero-order valence-corrected chi connectivity index (χ0v) is 7.71. The van der Waals surface area contributed by atoms with E-state index >= 15 is 0 Å².